The van der Waals surface area contributed by atoms with Gasteiger partial charge in [0.25, 0.3) is 5.56 Å². The molecule has 2 rings (SSSR count). The van der Waals surface area contributed by atoms with E-state index >= 15 is 0 Å². The molecule has 17 heavy (non-hydrogen) atoms. The molecule has 5 nitrogen and oxygen atoms in total. The van der Waals surface area contributed by atoms with Crippen LogP contribution in [-0.2, 0) is 0 Å². The van der Waals surface area contributed by atoms with E-state index in [0.717, 1.165) is 17.8 Å². The monoisotopic (exact) mass is 316 g/mol. The van der Waals surface area contributed by atoms with Crippen LogP contribution in [0.4, 0.5) is 10.2 Å². The molecule has 0 saturated heterocycles. The van der Waals surface area contributed by atoms with Crippen molar-refractivity contribution in [1.29, 1.82) is 0 Å². The molecule has 2 heterocycles. The lowest BCUT2D eigenvalue weighted by atomic mass is 10.5. The van der Waals surface area contributed by atoms with Gasteiger partial charge in [0.05, 0.1) is 0 Å². The zero-order valence-electron chi connectivity index (χ0n) is 8.28. The summed E-state index contributed by atoms with van der Waals surface area (Å²) >= 11 is 4.00. The van der Waals surface area contributed by atoms with E-state index < -0.39 is 11.4 Å². The highest BCUT2D eigenvalue weighted by Gasteiger charge is 2.09. The van der Waals surface area contributed by atoms with E-state index in [1.54, 1.807) is 0 Å². The highest BCUT2D eigenvalue weighted by atomic mass is 79.9. The minimum absolute atomic E-state index is 0.0776. The summed E-state index contributed by atoms with van der Waals surface area (Å²) in [5.41, 5.74) is 5.02. The number of rotatable bonds is 2. The van der Waals surface area contributed by atoms with Crippen molar-refractivity contribution in [3.8, 4) is 0 Å². The molecule has 0 fully saturated rings. The van der Waals surface area contributed by atoms with Crippen molar-refractivity contribution < 1.29 is 4.39 Å². The maximum Gasteiger partial charge on any atom is 0.253 e. The third kappa shape index (κ3) is 3.04. The Kier molecular flexibility index (Phi) is 3.43. The lowest BCUT2D eigenvalue weighted by molar-refractivity contribution is 0.586. The number of aromatic nitrogens is 3. The van der Waals surface area contributed by atoms with E-state index in [9.17, 15) is 9.18 Å². The molecule has 0 radical (unpaired) electrons. The van der Waals surface area contributed by atoms with Crippen LogP contribution in [0, 0.1) is 5.82 Å². The zero-order chi connectivity index (χ0) is 12.4. The second-order valence-electron chi connectivity index (χ2n) is 3.02. The summed E-state index contributed by atoms with van der Waals surface area (Å²) in [6.45, 7) is 0. The van der Waals surface area contributed by atoms with Crippen molar-refractivity contribution in [2.24, 2.45) is 0 Å². The Morgan fingerprint density at radius 2 is 2.24 bits per heavy atom. The molecule has 88 valence electrons. The van der Waals surface area contributed by atoms with Crippen LogP contribution >= 0.6 is 27.7 Å². The summed E-state index contributed by atoms with van der Waals surface area (Å²) < 4.78 is 14.0. The van der Waals surface area contributed by atoms with Gasteiger partial charge < -0.3 is 10.7 Å². The average molecular weight is 317 g/mol. The van der Waals surface area contributed by atoms with Crippen LogP contribution in [0.3, 0.4) is 0 Å². The van der Waals surface area contributed by atoms with E-state index in [1.807, 2.05) is 0 Å². The molecular weight excluding hydrogens is 311 g/mol. The average Bonchev–Trinajstić information content (AvgIpc) is 2.21. The number of H-pyrrole nitrogens is 1. The van der Waals surface area contributed by atoms with Gasteiger partial charge in [-0.3, -0.25) is 4.79 Å². The van der Waals surface area contributed by atoms with Crippen molar-refractivity contribution >= 4 is 33.5 Å². The van der Waals surface area contributed by atoms with Crippen molar-refractivity contribution in [2.45, 2.75) is 10.2 Å². The highest BCUT2D eigenvalue weighted by molar-refractivity contribution is 9.10. The van der Waals surface area contributed by atoms with Gasteiger partial charge in [0.2, 0.25) is 0 Å². The molecule has 0 aliphatic rings. The smallest absolute Gasteiger partial charge is 0.253 e. The highest BCUT2D eigenvalue weighted by Crippen LogP contribution is 2.26. The van der Waals surface area contributed by atoms with Gasteiger partial charge in [-0.15, -0.1) is 0 Å². The van der Waals surface area contributed by atoms with E-state index in [-0.39, 0.29) is 16.0 Å². The Bertz CT molecular complexity index is 618. The normalized spacial score (nSPS) is 10.5. The minimum atomic E-state index is -0.505. The number of nitrogens with one attached hydrogen (secondary N) is 1. The Hall–Kier alpha value is -1.41. The second kappa shape index (κ2) is 4.84. The van der Waals surface area contributed by atoms with Crippen LogP contribution in [0.25, 0.3) is 0 Å². The molecule has 0 spiro atoms. The molecule has 0 aliphatic heterocycles. The Balaban J connectivity index is 2.34. The van der Waals surface area contributed by atoms with Crippen molar-refractivity contribution in [2.75, 3.05) is 5.73 Å². The molecule has 0 aromatic carbocycles. The first-order chi connectivity index (χ1) is 8.04. The molecular formula is C9H6BrFN4OS. The summed E-state index contributed by atoms with van der Waals surface area (Å²) in [5.74, 6) is -0.428. The largest absolute Gasteiger partial charge is 0.383 e. The number of hydrogen-bond donors (Lipinski definition) is 2. The number of hydrogen-bond acceptors (Lipinski definition) is 5. The lowest BCUT2D eigenvalue weighted by Gasteiger charge is -2.02. The Labute approximate surface area is 108 Å². The van der Waals surface area contributed by atoms with E-state index in [0.29, 0.717) is 4.47 Å². The first-order valence-electron chi connectivity index (χ1n) is 4.40. The van der Waals surface area contributed by atoms with Crippen LogP contribution in [0.2, 0.25) is 0 Å². The van der Waals surface area contributed by atoms with Crippen molar-refractivity contribution in [3.05, 3.63) is 39.0 Å². The molecule has 2 aromatic rings. The van der Waals surface area contributed by atoms with Gasteiger partial charge >= 0.3 is 0 Å². The predicted molar refractivity (Wildman–Crippen MR) is 65.3 cm³/mol. The number of pyridine rings is 1. The van der Waals surface area contributed by atoms with E-state index in [4.69, 9.17) is 5.73 Å². The quantitative estimate of drug-likeness (QED) is 0.825. The summed E-state index contributed by atoms with van der Waals surface area (Å²) in [5, 5.41) is 0.311. The maximum absolute atomic E-state index is 13.5. The van der Waals surface area contributed by atoms with Crippen molar-refractivity contribution in [3.63, 3.8) is 0 Å². The molecule has 0 amide bonds. The number of anilines is 1. The molecule has 2 aromatic heterocycles. The van der Waals surface area contributed by atoms with Gasteiger partial charge in [0.15, 0.2) is 11.0 Å². The van der Waals surface area contributed by atoms with Gasteiger partial charge in [0, 0.05) is 16.7 Å². The third-order valence-corrected chi connectivity index (χ3v) is 3.02. The van der Waals surface area contributed by atoms with E-state index in [2.05, 4.69) is 30.9 Å². The molecule has 3 N–H and O–H groups in total. The summed E-state index contributed by atoms with van der Waals surface area (Å²) in [7, 11) is 0. The SMILES string of the molecule is Nc1cc(=O)[nH]c(Sc2ncc(Br)cc2F)n1. The molecule has 8 heteroatoms. The number of nitrogens with two attached hydrogens (primary N) is 1. The topological polar surface area (TPSA) is 84.7 Å². The van der Waals surface area contributed by atoms with Gasteiger partial charge in [-0.2, -0.15) is 0 Å². The van der Waals surface area contributed by atoms with Crippen LogP contribution in [0.15, 0.2) is 37.8 Å². The Morgan fingerprint density at radius 3 is 2.88 bits per heavy atom. The third-order valence-electron chi connectivity index (χ3n) is 1.71. The van der Waals surface area contributed by atoms with Crippen LogP contribution in [0.5, 0.6) is 0 Å². The maximum atomic E-state index is 13.5. The molecule has 0 aliphatic carbocycles. The molecule has 0 unspecified atom stereocenters. The zero-order valence-corrected chi connectivity index (χ0v) is 10.7. The van der Waals surface area contributed by atoms with E-state index in [1.165, 1.54) is 12.3 Å². The minimum Gasteiger partial charge on any atom is -0.383 e. The van der Waals surface area contributed by atoms with Crippen LogP contribution in [0.1, 0.15) is 0 Å². The fourth-order valence-corrected chi connectivity index (χ4v) is 2.12. The van der Waals surface area contributed by atoms with Crippen molar-refractivity contribution in [1.82, 2.24) is 15.0 Å². The fourth-order valence-electron chi connectivity index (χ4n) is 1.07. The van der Waals surface area contributed by atoms with Gasteiger partial charge in [-0.25, -0.2) is 14.4 Å². The Morgan fingerprint density at radius 1 is 1.47 bits per heavy atom. The number of nitrogen functional groups attached to an aromatic ring is 1. The van der Waals surface area contributed by atoms with Gasteiger partial charge in [-0.1, -0.05) is 0 Å². The molecule has 0 bridgehead atoms. The fraction of sp³-hybridized carbons (Fsp3) is 0. The van der Waals surface area contributed by atoms with Gasteiger partial charge in [0.1, 0.15) is 10.8 Å². The molecule has 0 saturated carbocycles. The van der Waals surface area contributed by atoms with Gasteiger partial charge in [-0.05, 0) is 33.8 Å². The van der Waals surface area contributed by atoms with Crippen LogP contribution in [-0.4, -0.2) is 15.0 Å². The number of nitrogens with zero attached hydrogens (tertiary/aromatic N) is 2. The molecule has 0 atom stereocenters. The summed E-state index contributed by atoms with van der Waals surface area (Å²) in [4.78, 5) is 21.3. The lowest BCUT2D eigenvalue weighted by Crippen LogP contribution is -2.09. The standard InChI is InChI=1S/C9H6BrFN4OS/c10-4-1-5(11)8(13-3-4)17-9-14-6(12)2-7(16)15-9/h1-3H,(H3,12,14,15,16). The first kappa shape index (κ1) is 12.1. The number of halogens is 2. The first-order valence-corrected chi connectivity index (χ1v) is 6.01. The summed E-state index contributed by atoms with van der Waals surface area (Å²) in [6.07, 6.45) is 1.45. The predicted octanol–water partition coefficient (Wildman–Crippen LogP) is 1.80. The van der Waals surface area contributed by atoms with Crippen LogP contribution < -0.4 is 11.3 Å². The number of aromatic amines is 1. The summed E-state index contributed by atoms with van der Waals surface area (Å²) in [6, 6.07) is 2.43. The second-order valence-corrected chi connectivity index (χ2v) is 4.91.